The molecule has 1 aliphatic heterocycles. The Bertz CT molecular complexity index is 748. The van der Waals surface area contributed by atoms with Crippen LogP contribution in [0.5, 0.6) is 17.2 Å². The first-order chi connectivity index (χ1) is 12.7. The third-order valence-electron chi connectivity index (χ3n) is 4.07. The molecule has 1 N–H and O–H groups in total. The summed E-state index contributed by atoms with van der Waals surface area (Å²) in [4.78, 5) is 13.3. The van der Waals surface area contributed by atoms with Gasteiger partial charge in [-0.3, -0.25) is 4.79 Å². The molecule has 1 amide bonds. The van der Waals surface area contributed by atoms with Gasteiger partial charge in [-0.1, -0.05) is 12.1 Å². The first-order valence-corrected chi connectivity index (χ1v) is 9.50. The lowest BCUT2D eigenvalue weighted by Gasteiger charge is -2.19. The number of hydrogen-bond acceptors (Lipinski definition) is 5. The van der Waals surface area contributed by atoms with Crippen molar-refractivity contribution in [1.82, 2.24) is 5.32 Å². The molecule has 138 valence electrons. The highest BCUT2D eigenvalue weighted by molar-refractivity contribution is 8.00. The molecule has 3 rings (SSSR count). The van der Waals surface area contributed by atoms with Crippen LogP contribution in [0.4, 0.5) is 0 Å². The number of amides is 1. The molecule has 0 saturated heterocycles. The molecule has 2 aromatic carbocycles. The van der Waals surface area contributed by atoms with Crippen molar-refractivity contribution in [3.8, 4) is 17.2 Å². The van der Waals surface area contributed by atoms with Crippen LogP contribution in [0.25, 0.3) is 0 Å². The monoisotopic (exact) mass is 373 g/mol. The lowest BCUT2D eigenvalue weighted by atomic mass is 10.1. The lowest BCUT2D eigenvalue weighted by molar-refractivity contribution is -0.120. The molecule has 0 saturated carbocycles. The average Bonchev–Trinajstić information content (AvgIpc) is 2.68. The predicted octanol–water partition coefficient (Wildman–Crippen LogP) is 3.31. The molecule has 2 aromatic rings. The molecule has 0 spiro atoms. The Hall–Kier alpha value is -2.34. The van der Waals surface area contributed by atoms with Gasteiger partial charge in [-0.2, -0.15) is 0 Å². The van der Waals surface area contributed by atoms with E-state index in [1.807, 2.05) is 49.4 Å². The van der Waals surface area contributed by atoms with Gasteiger partial charge in [0.2, 0.25) is 5.91 Å². The minimum atomic E-state index is -0.187. The van der Waals surface area contributed by atoms with Crippen LogP contribution < -0.4 is 19.5 Å². The SMILES string of the molecule is COc1ccc(CCNC(=O)[C@@H](C)Sc2ccc3c(c2)OCCO3)cc1. The summed E-state index contributed by atoms with van der Waals surface area (Å²) in [6, 6.07) is 13.7. The fraction of sp³-hybridized carbons (Fsp3) is 0.350. The number of carbonyl (C=O) groups is 1. The van der Waals surface area contributed by atoms with Crippen molar-refractivity contribution in [2.75, 3.05) is 26.9 Å². The molecule has 0 aromatic heterocycles. The van der Waals surface area contributed by atoms with Gasteiger partial charge in [0, 0.05) is 11.4 Å². The Morgan fingerprint density at radius 3 is 2.62 bits per heavy atom. The van der Waals surface area contributed by atoms with E-state index in [4.69, 9.17) is 14.2 Å². The van der Waals surface area contributed by atoms with E-state index in [2.05, 4.69) is 5.32 Å². The normalized spacial score (nSPS) is 13.8. The van der Waals surface area contributed by atoms with E-state index in [0.29, 0.717) is 19.8 Å². The molecule has 1 atom stereocenters. The van der Waals surface area contributed by atoms with E-state index in [1.54, 1.807) is 7.11 Å². The topological polar surface area (TPSA) is 56.8 Å². The molecule has 26 heavy (non-hydrogen) atoms. The first kappa shape index (κ1) is 18.5. The van der Waals surface area contributed by atoms with Crippen LogP contribution >= 0.6 is 11.8 Å². The van der Waals surface area contributed by atoms with Gasteiger partial charge in [-0.05, 0) is 49.2 Å². The zero-order valence-electron chi connectivity index (χ0n) is 15.0. The van der Waals surface area contributed by atoms with Crippen molar-refractivity contribution >= 4 is 17.7 Å². The molecule has 0 aliphatic carbocycles. The number of thioether (sulfide) groups is 1. The van der Waals surface area contributed by atoms with Crippen LogP contribution in [0.2, 0.25) is 0 Å². The highest BCUT2D eigenvalue weighted by atomic mass is 32.2. The quantitative estimate of drug-likeness (QED) is 0.755. The molecule has 0 bridgehead atoms. The van der Waals surface area contributed by atoms with Gasteiger partial charge < -0.3 is 19.5 Å². The van der Waals surface area contributed by atoms with Crippen molar-refractivity contribution in [2.24, 2.45) is 0 Å². The van der Waals surface area contributed by atoms with E-state index in [9.17, 15) is 4.79 Å². The number of benzene rings is 2. The second-order valence-corrected chi connectivity index (χ2v) is 7.37. The predicted molar refractivity (Wildman–Crippen MR) is 102 cm³/mol. The molecule has 6 heteroatoms. The fourth-order valence-corrected chi connectivity index (χ4v) is 3.54. The maximum atomic E-state index is 12.3. The molecule has 0 fully saturated rings. The highest BCUT2D eigenvalue weighted by Gasteiger charge is 2.17. The van der Waals surface area contributed by atoms with E-state index >= 15 is 0 Å². The molecule has 0 unspecified atom stereocenters. The molecular formula is C20H23NO4S. The van der Waals surface area contributed by atoms with Gasteiger partial charge in [-0.15, -0.1) is 11.8 Å². The summed E-state index contributed by atoms with van der Waals surface area (Å²) >= 11 is 1.51. The Balaban J connectivity index is 1.46. The number of hydrogen-bond donors (Lipinski definition) is 1. The Morgan fingerprint density at radius 2 is 1.88 bits per heavy atom. The standard InChI is InChI=1S/C20H23NO4S/c1-14(26-17-7-8-18-19(13-17)25-12-11-24-18)20(22)21-10-9-15-3-5-16(23-2)6-4-15/h3-8,13-14H,9-12H2,1-2H3,(H,21,22)/t14-/m1/s1. The first-order valence-electron chi connectivity index (χ1n) is 8.62. The highest BCUT2D eigenvalue weighted by Crippen LogP contribution is 2.35. The summed E-state index contributed by atoms with van der Waals surface area (Å²) in [7, 11) is 1.65. The van der Waals surface area contributed by atoms with Crippen LogP contribution in [-0.4, -0.2) is 38.0 Å². The maximum absolute atomic E-state index is 12.3. The van der Waals surface area contributed by atoms with Crippen molar-refractivity contribution < 1.29 is 19.0 Å². The molecule has 1 heterocycles. The summed E-state index contributed by atoms with van der Waals surface area (Å²) in [6.07, 6.45) is 0.789. The van der Waals surface area contributed by atoms with Gasteiger partial charge in [0.05, 0.1) is 12.4 Å². The third kappa shape index (κ3) is 4.85. The number of ether oxygens (including phenoxy) is 3. The third-order valence-corrected chi connectivity index (χ3v) is 5.16. The molecule has 1 aliphatic rings. The number of rotatable bonds is 7. The lowest BCUT2D eigenvalue weighted by Crippen LogP contribution is -2.32. The molecule has 5 nitrogen and oxygen atoms in total. The van der Waals surface area contributed by atoms with Crippen LogP contribution in [0.3, 0.4) is 0 Å². The summed E-state index contributed by atoms with van der Waals surface area (Å²) in [5.74, 6) is 2.37. The second kappa shape index (κ2) is 8.85. The van der Waals surface area contributed by atoms with Crippen LogP contribution in [0.1, 0.15) is 12.5 Å². The molecule has 0 radical (unpaired) electrons. The summed E-state index contributed by atoms with van der Waals surface area (Å²) in [5, 5.41) is 2.81. The van der Waals surface area contributed by atoms with Crippen LogP contribution in [0, 0.1) is 0 Å². The minimum Gasteiger partial charge on any atom is -0.497 e. The van der Waals surface area contributed by atoms with Crippen molar-refractivity contribution in [2.45, 2.75) is 23.5 Å². The van der Waals surface area contributed by atoms with Gasteiger partial charge in [0.25, 0.3) is 0 Å². The smallest absolute Gasteiger partial charge is 0.233 e. The van der Waals surface area contributed by atoms with E-state index < -0.39 is 0 Å². The summed E-state index contributed by atoms with van der Waals surface area (Å²) in [6.45, 7) is 3.65. The fourth-order valence-electron chi connectivity index (χ4n) is 2.62. The second-order valence-electron chi connectivity index (χ2n) is 5.95. The number of methoxy groups -OCH3 is 1. The van der Waals surface area contributed by atoms with Gasteiger partial charge in [-0.25, -0.2) is 0 Å². The Labute approximate surface area is 158 Å². The summed E-state index contributed by atoms with van der Waals surface area (Å²) < 4.78 is 16.3. The molecular weight excluding hydrogens is 350 g/mol. The minimum absolute atomic E-state index is 0.0263. The largest absolute Gasteiger partial charge is 0.497 e. The van der Waals surface area contributed by atoms with E-state index in [-0.39, 0.29) is 11.2 Å². The van der Waals surface area contributed by atoms with E-state index in [0.717, 1.165) is 28.6 Å². The Kier molecular flexibility index (Phi) is 6.28. The zero-order valence-corrected chi connectivity index (χ0v) is 15.8. The van der Waals surface area contributed by atoms with Gasteiger partial charge in [0.1, 0.15) is 19.0 Å². The van der Waals surface area contributed by atoms with Gasteiger partial charge >= 0.3 is 0 Å². The number of fused-ring (bicyclic) bond motifs is 1. The zero-order chi connectivity index (χ0) is 18.4. The van der Waals surface area contributed by atoms with Crippen molar-refractivity contribution in [3.63, 3.8) is 0 Å². The van der Waals surface area contributed by atoms with E-state index in [1.165, 1.54) is 17.3 Å². The van der Waals surface area contributed by atoms with Crippen LogP contribution in [-0.2, 0) is 11.2 Å². The Morgan fingerprint density at radius 1 is 1.15 bits per heavy atom. The maximum Gasteiger partial charge on any atom is 0.233 e. The van der Waals surface area contributed by atoms with Crippen LogP contribution in [0.15, 0.2) is 47.4 Å². The van der Waals surface area contributed by atoms with Crippen molar-refractivity contribution in [1.29, 1.82) is 0 Å². The average molecular weight is 373 g/mol. The van der Waals surface area contributed by atoms with Crippen molar-refractivity contribution in [3.05, 3.63) is 48.0 Å². The summed E-state index contributed by atoms with van der Waals surface area (Å²) in [5.41, 5.74) is 1.17. The number of carbonyl (C=O) groups excluding carboxylic acids is 1. The van der Waals surface area contributed by atoms with Gasteiger partial charge in [0.15, 0.2) is 11.5 Å². The number of nitrogens with one attached hydrogen (secondary N) is 1.